The zero-order valence-electron chi connectivity index (χ0n) is 20.9. The molecule has 0 aliphatic carbocycles. The van der Waals surface area contributed by atoms with Gasteiger partial charge in [-0.1, -0.05) is 12.1 Å². The second kappa shape index (κ2) is 10.3. The number of halogens is 2. The van der Waals surface area contributed by atoms with Gasteiger partial charge in [0.05, 0.1) is 39.0 Å². The van der Waals surface area contributed by atoms with Crippen LogP contribution in [0.1, 0.15) is 18.4 Å². The van der Waals surface area contributed by atoms with Crippen molar-refractivity contribution in [3.8, 4) is 22.8 Å². The smallest absolute Gasteiger partial charge is 0.326 e. The molecule has 1 aromatic carbocycles. The van der Waals surface area contributed by atoms with Gasteiger partial charge in [-0.05, 0) is 42.7 Å². The number of nitrogens with one attached hydrogen (secondary N) is 1. The van der Waals surface area contributed by atoms with Crippen molar-refractivity contribution in [2.75, 3.05) is 45.3 Å². The highest BCUT2D eigenvalue weighted by atomic mass is 19.3. The maximum atomic E-state index is 13.9. The lowest BCUT2D eigenvalue weighted by Crippen LogP contribution is -2.54. The molecule has 0 atom stereocenters. The summed E-state index contributed by atoms with van der Waals surface area (Å²) in [5.74, 6) is 1.58. The molecule has 0 unspecified atom stereocenters. The van der Waals surface area contributed by atoms with Gasteiger partial charge in [-0.2, -0.15) is 10.1 Å². The molecule has 196 valence electrons. The first-order valence-electron chi connectivity index (χ1n) is 12.2. The Labute approximate surface area is 214 Å². The van der Waals surface area contributed by atoms with Crippen molar-refractivity contribution in [2.45, 2.75) is 31.4 Å². The lowest BCUT2D eigenvalue weighted by Gasteiger charge is -2.43. The fraction of sp³-hybridized carbons (Fsp3) is 0.423. The molecule has 0 bridgehead atoms. The van der Waals surface area contributed by atoms with Crippen LogP contribution in [0.2, 0.25) is 0 Å². The van der Waals surface area contributed by atoms with E-state index in [0.717, 1.165) is 16.7 Å². The molecular formula is C26H30F2N6O3. The summed E-state index contributed by atoms with van der Waals surface area (Å²) < 4.78 is 37.0. The summed E-state index contributed by atoms with van der Waals surface area (Å²) in [5.41, 5.74) is 2.02. The predicted molar refractivity (Wildman–Crippen MR) is 134 cm³/mol. The number of methoxy groups -OCH3 is 2. The van der Waals surface area contributed by atoms with E-state index in [2.05, 4.69) is 15.2 Å². The molecule has 1 spiro atoms. The van der Waals surface area contributed by atoms with Gasteiger partial charge in [0.1, 0.15) is 11.6 Å². The lowest BCUT2D eigenvalue weighted by molar-refractivity contribution is 0.0340. The van der Waals surface area contributed by atoms with Crippen molar-refractivity contribution in [2.24, 2.45) is 0 Å². The first kappa shape index (κ1) is 24.9. The van der Waals surface area contributed by atoms with Crippen LogP contribution in [-0.2, 0) is 6.54 Å². The third-order valence-electron chi connectivity index (χ3n) is 7.27. The maximum Gasteiger partial charge on any atom is 0.326 e. The van der Waals surface area contributed by atoms with Crippen molar-refractivity contribution in [3.05, 3.63) is 54.4 Å². The number of rotatable bonds is 8. The number of hydrogen-bond donors (Lipinski definition) is 1. The normalized spacial score (nSPS) is 17.7. The largest absolute Gasteiger partial charge is 0.497 e. The van der Waals surface area contributed by atoms with E-state index < -0.39 is 12.0 Å². The number of amides is 2. The number of piperidine rings is 1. The highest BCUT2D eigenvalue weighted by Crippen LogP contribution is 2.40. The Kier molecular flexibility index (Phi) is 6.96. The number of nitrogens with zero attached hydrogens (tertiary/aromatic N) is 5. The van der Waals surface area contributed by atoms with Crippen molar-refractivity contribution < 1.29 is 23.0 Å². The van der Waals surface area contributed by atoms with Crippen LogP contribution in [0, 0.1) is 0 Å². The number of alkyl halides is 2. The van der Waals surface area contributed by atoms with Crippen LogP contribution in [-0.4, -0.2) is 83.4 Å². The van der Waals surface area contributed by atoms with Gasteiger partial charge in [0.15, 0.2) is 0 Å². The van der Waals surface area contributed by atoms with Gasteiger partial charge in [0, 0.05) is 37.0 Å². The Morgan fingerprint density at radius 1 is 1.14 bits per heavy atom. The quantitative estimate of drug-likeness (QED) is 0.491. The minimum absolute atomic E-state index is 0.171. The number of H-pyrrole nitrogens is 1. The summed E-state index contributed by atoms with van der Waals surface area (Å²) in [4.78, 5) is 23.9. The molecule has 4 heterocycles. The molecule has 9 nitrogen and oxygen atoms in total. The molecule has 2 saturated heterocycles. The van der Waals surface area contributed by atoms with Gasteiger partial charge in [-0.25, -0.2) is 13.6 Å². The van der Waals surface area contributed by atoms with Crippen molar-refractivity contribution >= 4 is 11.8 Å². The Bertz CT molecular complexity index is 1230. The van der Waals surface area contributed by atoms with Crippen LogP contribution < -0.4 is 14.4 Å². The molecule has 37 heavy (non-hydrogen) atoms. The number of aromatic amines is 1. The van der Waals surface area contributed by atoms with Crippen LogP contribution in [0.25, 0.3) is 11.1 Å². The zero-order valence-corrected chi connectivity index (χ0v) is 20.9. The van der Waals surface area contributed by atoms with E-state index in [-0.39, 0.29) is 12.6 Å². The Balaban J connectivity index is 1.46. The van der Waals surface area contributed by atoms with Crippen molar-refractivity contribution in [1.82, 2.24) is 25.0 Å². The third-order valence-corrected chi connectivity index (χ3v) is 7.27. The van der Waals surface area contributed by atoms with E-state index in [9.17, 15) is 13.6 Å². The second-order valence-electron chi connectivity index (χ2n) is 9.44. The fourth-order valence-corrected chi connectivity index (χ4v) is 5.29. The summed E-state index contributed by atoms with van der Waals surface area (Å²) in [6, 6.07) is 11.1. The van der Waals surface area contributed by atoms with E-state index in [1.807, 2.05) is 35.2 Å². The van der Waals surface area contributed by atoms with Crippen molar-refractivity contribution in [1.29, 1.82) is 0 Å². The number of urea groups is 1. The van der Waals surface area contributed by atoms with Gasteiger partial charge in [0.2, 0.25) is 5.88 Å². The number of ether oxygens (including phenoxy) is 2. The molecule has 0 radical (unpaired) electrons. The molecule has 2 fully saturated rings. The summed E-state index contributed by atoms with van der Waals surface area (Å²) in [5, 5.41) is 6.77. The monoisotopic (exact) mass is 512 g/mol. The number of pyridine rings is 1. The number of anilines is 1. The third kappa shape index (κ3) is 4.95. The predicted octanol–water partition coefficient (Wildman–Crippen LogP) is 4.03. The lowest BCUT2D eigenvalue weighted by atomic mass is 9.86. The molecule has 1 N–H and O–H groups in total. The molecule has 3 aromatic rings. The van der Waals surface area contributed by atoms with Crippen LogP contribution >= 0.6 is 0 Å². The maximum absolute atomic E-state index is 13.9. The molecule has 11 heteroatoms. The van der Waals surface area contributed by atoms with Gasteiger partial charge in [-0.15, -0.1) is 0 Å². The molecule has 2 amide bonds. The zero-order chi connectivity index (χ0) is 26.0. The molecule has 5 rings (SSSR count). The molecule has 0 saturated carbocycles. The standard InChI is InChI=1S/C26H30F2N6O3/c1-36-20-5-3-4-18(12-20)15-34-25(35)33(17-26(34)8-10-32(11-9-26)16-22(27)28)23-7-6-21(24(31-23)37-2)19-13-29-30-14-19/h3-7,12-14,22H,8-11,15-17H2,1-2H3,(H,29,30). The van der Waals surface area contributed by atoms with E-state index in [4.69, 9.17) is 9.47 Å². The Morgan fingerprint density at radius 3 is 2.62 bits per heavy atom. The van der Waals surface area contributed by atoms with E-state index in [1.165, 1.54) is 7.11 Å². The number of carbonyl (C=O) groups is 1. The highest BCUT2D eigenvalue weighted by molar-refractivity contribution is 5.95. The number of benzene rings is 1. The fourth-order valence-electron chi connectivity index (χ4n) is 5.29. The SMILES string of the molecule is COc1cccc(CN2C(=O)N(c3ccc(-c4cn[nH]c4)c(OC)n3)CC23CCN(CC(F)F)CC3)c1. The Morgan fingerprint density at radius 2 is 1.95 bits per heavy atom. The summed E-state index contributed by atoms with van der Waals surface area (Å²) in [6.45, 7) is 1.54. The molecular weight excluding hydrogens is 482 g/mol. The number of carbonyl (C=O) groups excluding carboxylic acids is 1. The van der Waals surface area contributed by atoms with E-state index >= 15 is 0 Å². The minimum Gasteiger partial charge on any atom is -0.497 e. The molecule has 2 aromatic heterocycles. The first-order valence-corrected chi connectivity index (χ1v) is 12.2. The summed E-state index contributed by atoms with van der Waals surface area (Å²) >= 11 is 0. The van der Waals surface area contributed by atoms with Gasteiger partial charge in [-0.3, -0.25) is 14.9 Å². The van der Waals surface area contributed by atoms with Gasteiger partial charge < -0.3 is 14.4 Å². The summed E-state index contributed by atoms with van der Waals surface area (Å²) in [6.07, 6.45) is 2.23. The van der Waals surface area contributed by atoms with E-state index in [0.29, 0.717) is 56.5 Å². The van der Waals surface area contributed by atoms with Crippen LogP contribution in [0.4, 0.5) is 19.4 Å². The van der Waals surface area contributed by atoms with Crippen LogP contribution in [0.5, 0.6) is 11.6 Å². The second-order valence-corrected chi connectivity index (χ2v) is 9.44. The van der Waals surface area contributed by atoms with Gasteiger partial charge in [0.25, 0.3) is 6.43 Å². The number of aromatic nitrogens is 3. The van der Waals surface area contributed by atoms with Crippen molar-refractivity contribution in [3.63, 3.8) is 0 Å². The highest BCUT2D eigenvalue weighted by Gasteiger charge is 2.51. The van der Waals surface area contributed by atoms with Crippen LogP contribution in [0.15, 0.2) is 48.8 Å². The molecule has 2 aliphatic rings. The average Bonchev–Trinajstić information content (AvgIpc) is 3.53. The van der Waals surface area contributed by atoms with Crippen LogP contribution in [0.3, 0.4) is 0 Å². The number of likely N-dealkylation sites (tertiary alicyclic amines) is 1. The first-order chi connectivity index (χ1) is 17.9. The van der Waals surface area contributed by atoms with Gasteiger partial charge >= 0.3 is 6.03 Å². The Hall–Kier alpha value is -3.73. The number of hydrogen-bond acceptors (Lipinski definition) is 6. The summed E-state index contributed by atoms with van der Waals surface area (Å²) in [7, 11) is 3.14. The average molecular weight is 513 g/mol. The van der Waals surface area contributed by atoms with E-state index in [1.54, 1.807) is 35.4 Å². The minimum atomic E-state index is -2.38. The topological polar surface area (TPSA) is 86.8 Å². The molecule has 2 aliphatic heterocycles.